The van der Waals surface area contributed by atoms with Crippen LogP contribution in [-0.2, 0) is 0 Å². The molecule has 1 fully saturated rings. The molecule has 1 saturated carbocycles. The topological polar surface area (TPSA) is 49.0 Å². The summed E-state index contributed by atoms with van der Waals surface area (Å²) in [7, 11) is 1.98. The smallest absolute Gasteiger partial charge is 0.267 e. The Bertz CT molecular complexity index is 386. The molecule has 2 rings (SSSR count). The van der Waals surface area contributed by atoms with Crippen LogP contribution in [0, 0.1) is 0 Å². The summed E-state index contributed by atoms with van der Waals surface area (Å²) in [6, 6.07) is 0.542. The molecule has 0 bridgehead atoms. The van der Waals surface area contributed by atoms with E-state index in [0.29, 0.717) is 10.5 Å². The molecule has 0 aromatic carbocycles. The number of anilines is 1. The van der Waals surface area contributed by atoms with Crippen LogP contribution < -0.4 is 10.5 Å². The minimum Gasteiger partial charge on any atom is -0.356 e. The maximum absolute atomic E-state index is 11.3. The van der Waals surface area contributed by atoms with E-state index in [0.717, 1.165) is 5.82 Å². The van der Waals surface area contributed by atoms with Crippen LogP contribution in [-0.4, -0.2) is 23.1 Å². The summed E-state index contributed by atoms with van der Waals surface area (Å²) >= 11 is 3.25. The molecule has 0 unspecified atom stereocenters. The Kier molecular flexibility index (Phi) is 2.58. The van der Waals surface area contributed by atoms with Crippen molar-refractivity contribution >= 4 is 21.7 Å². The summed E-state index contributed by atoms with van der Waals surface area (Å²) in [6.45, 7) is 0. The Hall–Kier alpha value is -0.840. The lowest BCUT2D eigenvalue weighted by molar-refractivity contribution is 0.398. The van der Waals surface area contributed by atoms with Gasteiger partial charge in [-0.15, -0.1) is 0 Å². The quantitative estimate of drug-likeness (QED) is 0.874. The number of H-pyrrole nitrogens is 1. The van der Waals surface area contributed by atoms with Gasteiger partial charge in [-0.05, 0) is 35.2 Å². The van der Waals surface area contributed by atoms with Crippen LogP contribution in [0.1, 0.15) is 19.3 Å². The molecule has 1 heterocycles. The SMILES string of the molecule is CN(c1nc[nH]c(=O)c1Br)C1CCC1. The second kappa shape index (κ2) is 3.73. The summed E-state index contributed by atoms with van der Waals surface area (Å²) in [6.07, 6.45) is 5.10. The highest BCUT2D eigenvalue weighted by Gasteiger charge is 2.24. The highest BCUT2D eigenvalue weighted by molar-refractivity contribution is 9.10. The lowest BCUT2D eigenvalue weighted by Gasteiger charge is -2.35. The van der Waals surface area contributed by atoms with Crippen molar-refractivity contribution in [1.82, 2.24) is 9.97 Å². The zero-order valence-corrected chi connectivity index (χ0v) is 9.54. The zero-order valence-electron chi connectivity index (χ0n) is 7.96. The summed E-state index contributed by atoms with van der Waals surface area (Å²) in [5, 5.41) is 0. The third kappa shape index (κ3) is 1.56. The number of hydrogen-bond acceptors (Lipinski definition) is 3. The average molecular weight is 258 g/mol. The molecule has 1 aromatic rings. The fourth-order valence-electron chi connectivity index (χ4n) is 1.57. The van der Waals surface area contributed by atoms with E-state index in [1.54, 1.807) is 0 Å². The first-order chi connectivity index (χ1) is 6.70. The van der Waals surface area contributed by atoms with Crippen LogP contribution in [0.5, 0.6) is 0 Å². The number of aromatic amines is 1. The van der Waals surface area contributed by atoms with Crippen LogP contribution in [0.4, 0.5) is 5.82 Å². The molecule has 1 aromatic heterocycles. The maximum atomic E-state index is 11.3. The zero-order chi connectivity index (χ0) is 10.1. The van der Waals surface area contributed by atoms with Crippen LogP contribution in [0.3, 0.4) is 0 Å². The van der Waals surface area contributed by atoms with Gasteiger partial charge in [0, 0.05) is 13.1 Å². The molecule has 4 nitrogen and oxygen atoms in total. The summed E-state index contributed by atoms with van der Waals surface area (Å²) in [5.74, 6) is 0.735. The maximum Gasteiger partial charge on any atom is 0.267 e. The van der Waals surface area contributed by atoms with Crippen LogP contribution in [0.2, 0.25) is 0 Å². The molecular formula is C9H12BrN3O. The second-order valence-electron chi connectivity index (χ2n) is 3.56. The Morgan fingerprint density at radius 2 is 2.36 bits per heavy atom. The van der Waals surface area contributed by atoms with Gasteiger partial charge in [0.05, 0.1) is 6.33 Å². The fraction of sp³-hybridized carbons (Fsp3) is 0.556. The lowest BCUT2D eigenvalue weighted by atomic mass is 9.92. The predicted octanol–water partition coefficient (Wildman–Crippen LogP) is 1.52. The molecule has 0 aliphatic heterocycles. The van der Waals surface area contributed by atoms with E-state index in [1.165, 1.54) is 25.6 Å². The van der Waals surface area contributed by atoms with Gasteiger partial charge in [-0.25, -0.2) is 4.98 Å². The first-order valence-electron chi connectivity index (χ1n) is 4.66. The van der Waals surface area contributed by atoms with Crippen molar-refractivity contribution in [3.8, 4) is 0 Å². The molecule has 0 spiro atoms. The fourth-order valence-corrected chi connectivity index (χ4v) is 2.06. The van der Waals surface area contributed by atoms with Gasteiger partial charge in [0.15, 0.2) is 0 Å². The molecule has 0 radical (unpaired) electrons. The molecule has 14 heavy (non-hydrogen) atoms. The highest BCUT2D eigenvalue weighted by Crippen LogP contribution is 2.29. The average Bonchev–Trinajstić information content (AvgIpc) is 2.06. The number of halogens is 1. The van der Waals surface area contributed by atoms with E-state index in [4.69, 9.17) is 0 Å². The van der Waals surface area contributed by atoms with Crippen LogP contribution in [0.25, 0.3) is 0 Å². The van der Waals surface area contributed by atoms with Crippen molar-refractivity contribution in [3.63, 3.8) is 0 Å². The molecule has 1 N–H and O–H groups in total. The Labute approximate surface area is 90.5 Å². The second-order valence-corrected chi connectivity index (χ2v) is 4.36. The minimum absolute atomic E-state index is 0.124. The van der Waals surface area contributed by atoms with E-state index in [2.05, 4.69) is 30.8 Å². The van der Waals surface area contributed by atoms with Crippen molar-refractivity contribution in [1.29, 1.82) is 0 Å². The highest BCUT2D eigenvalue weighted by atomic mass is 79.9. The molecule has 0 amide bonds. The van der Waals surface area contributed by atoms with Gasteiger partial charge < -0.3 is 9.88 Å². The third-order valence-electron chi connectivity index (χ3n) is 2.73. The molecular weight excluding hydrogens is 246 g/mol. The van der Waals surface area contributed by atoms with E-state index in [-0.39, 0.29) is 5.56 Å². The van der Waals surface area contributed by atoms with Crippen LogP contribution >= 0.6 is 15.9 Å². The number of hydrogen-bond donors (Lipinski definition) is 1. The van der Waals surface area contributed by atoms with Gasteiger partial charge in [-0.2, -0.15) is 0 Å². The van der Waals surface area contributed by atoms with Crippen molar-refractivity contribution in [3.05, 3.63) is 21.2 Å². The minimum atomic E-state index is -0.124. The summed E-state index contributed by atoms with van der Waals surface area (Å²) < 4.78 is 0.523. The molecule has 5 heteroatoms. The van der Waals surface area contributed by atoms with Gasteiger partial charge >= 0.3 is 0 Å². The largest absolute Gasteiger partial charge is 0.356 e. The monoisotopic (exact) mass is 257 g/mol. The third-order valence-corrected chi connectivity index (χ3v) is 3.45. The Morgan fingerprint density at radius 3 is 2.93 bits per heavy atom. The van der Waals surface area contributed by atoms with Gasteiger partial charge in [-0.1, -0.05) is 0 Å². The number of aromatic nitrogens is 2. The molecule has 76 valence electrons. The van der Waals surface area contributed by atoms with Gasteiger partial charge in [0.2, 0.25) is 0 Å². The lowest BCUT2D eigenvalue weighted by Crippen LogP contribution is -2.38. The van der Waals surface area contributed by atoms with Crippen molar-refractivity contribution in [2.24, 2.45) is 0 Å². The van der Waals surface area contributed by atoms with E-state index < -0.39 is 0 Å². The van der Waals surface area contributed by atoms with Gasteiger partial charge in [-0.3, -0.25) is 4.79 Å². The Morgan fingerprint density at radius 1 is 1.64 bits per heavy atom. The Balaban J connectivity index is 2.30. The van der Waals surface area contributed by atoms with E-state index in [1.807, 2.05) is 7.05 Å². The molecule has 0 saturated heterocycles. The van der Waals surface area contributed by atoms with Crippen molar-refractivity contribution in [2.45, 2.75) is 25.3 Å². The van der Waals surface area contributed by atoms with Gasteiger partial charge in [0.25, 0.3) is 5.56 Å². The van der Waals surface area contributed by atoms with E-state index >= 15 is 0 Å². The number of nitrogens with zero attached hydrogens (tertiary/aromatic N) is 2. The molecule has 0 atom stereocenters. The number of rotatable bonds is 2. The molecule has 1 aliphatic carbocycles. The van der Waals surface area contributed by atoms with Crippen molar-refractivity contribution in [2.75, 3.05) is 11.9 Å². The standard InChI is InChI=1S/C9H12BrN3O/c1-13(6-3-2-4-6)8-7(10)9(14)12-5-11-8/h5-6H,2-4H2,1H3,(H,11,12,14). The normalized spacial score (nSPS) is 16.4. The summed E-state index contributed by atoms with van der Waals surface area (Å²) in [5.41, 5.74) is -0.124. The molecule has 1 aliphatic rings. The predicted molar refractivity (Wildman–Crippen MR) is 58.6 cm³/mol. The van der Waals surface area contributed by atoms with Crippen molar-refractivity contribution < 1.29 is 0 Å². The number of nitrogens with one attached hydrogen (secondary N) is 1. The van der Waals surface area contributed by atoms with Gasteiger partial charge in [0.1, 0.15) is 10.3 Å². The summed E-state index contributed by atoms with van der Waals surface area (Å²) in [4.78, 5) is 20.1. The van der Waals surface area contributed by atoms with Crippen LogP contribution in [0.15, 0.2) is 15.6 Å². The first-order valence-corrected chi connectivity index (χ1v) is 5.45. The first kappa shape index (κ1) is 9.71. The van der Waals surface area contributed by atoms with E-state index in [9.17, 15) is 4.79 Å².